The zero-order chi connectivity index (χ0) is 32.4. The van der Waals surface area contributed by atoms with Crippen molar-refractivity contribution in [2.45, 2.75) is 50.0 Å². The number of nitrogens with zero attached hydrogens (tertiary/aromatic N) is 5. The van der Waals surface area contributed by atoms with Crippen LogP contribution in [0.1, 0.15) is 37.7 Å². The number of rotatable bonds is 5. The van der Waals surface area contributed by atoms with Crippen LogP contribution in [-0.4, -0.2) is 75.6 Å². The summed E-state index contributed by atoms with van der Waals surface area (Å²) < 4.78 is 93.2. The van der Waals surface area contributed by atoms with Crippen molar-refractivity contribution in [3.8, 4) is 35.4 Å². The van der Waals surface area contributed by atoms with Crippen molar-refractivity contribution in [2.24, 2.45) is 5.92 Å². The van der Waals surface area contributed by atoms with Gasteiger partial charge < -0.3 is 14.7 Å². The molecule has 0 amide bonds. The summed E-state index contributed by atoms with van der Waals surface area (Å²) in [7, 11) is 0. The minimum atomic E-state index is -4.44. The molecule has 4 aromatic rings. The molecule has 3 fully saturated rings. The number of alkyl halides is 4. The van der Waals surface area contributed by atoms with Gasteiger partial charge >= 0.3 is 12.2 Å². The number of fused-ring (bicyclic) bond motifs is 3. The van der Waals surface area contributed by atoms with Crippen molar-refractivity contribution < 1.29 is 36.2 Å². The number of benzene rings is 2. The van der Waals surface area contributed by atoms with E-state index in [0.29, 0.717) is 18.4 Å². The zero-order valence-electron chi connectivity index (χ0n) is 24.5. The molecule has 2 aromatic heterocycles. The van der Waals surface area contributed by atoms with Crippen molar-refractivity contribution in [1.29, 1.82) is 0 Å². The summed E-state index contributed by atoms with van der Waals surface area (Å²) in [6.07, 6.45) is 3.37. The Morgan fingerprint density at radius 2 is 1.93 bits per heavy atom. The van der Waals surface area contributed by atoms with E-state index in [-0.39, 0.29) is 89.6 Å². The van der Waals surface area contributed by atoms with Gasteiger partial charge in [0.05, 0.1) is 22.4 Å². The first-order valence-electron chi connectivity index (χ1n) is 15.1. The molecule has 3 saturated heterocycles. The van der Waals surface area contributed by atoms with Gasteiger partial charge in [0.1, 0.15) is 41.4 Å². The van der Waals surface area contributed by atoms with Gasteiger partial charge in [-0.1, -0.05) is 12.0 Å². The monoisotopic (exact) mass is 641 g/mol. The Morgan fingerprint density at radius 1 is 1.11 bits per heavy atom. The highest BCUT2D eigenvalue weighted by atomic mass is 19.4. The maximum Gasteiger partial charge on any atom is 0.393 e. The molecule has 240 valence electrons. The third-order valence-electron chi connectivity index (χ3n) is 9.51. The van der Waals surface area contributed by atoms with Crippen LogP contribution < -0.4 is 9.64 Å². The van der Waals surface area contributed by atoms with Crippen LogP contribution in [0.4, 0.5) is 32.2 Å². The SMILES string of the molecule is C#Cc1c(F)ccc2cc(O)cc(-c3ncc4c(N5CCCC(C(F)(F)F)C5)nc(OC[C@@]56CCCN5C[C@H](F)C6)nc4c3F)c12. The maximum absolute atomic E-state index is 16.7. The Hall–Kier alpha value is -4.31. The molecule has 7 rings (SSSR count). The average molecular weight is 642 g/mol. The second-order valence-corrected chi connectivity index (χ2v) is 12.4. The van der Waals surface area contributed by atoms with Gasteiger partial charge in [0.15, 0.2) is 5.82 Å². The Morgan fingerprint density at radius 3 is 2.72 bits per heavy atom. The number of ether oxygens (including phenoxy) is 1. The fourth-order valence-electron chi connectivity index (χ4n) is 7.35. The van der Waals surface area contributed by atoms with Crippen LogP contribution in [0.2, 0.25) is 0 Å². The van der Waals surface area contributed by atoms with Gasteiger partial charge in [-0.2, -0.15) is 23.1 Å². The first kappa shape index (κ1) is 30.3. The number of phenolic OH excluding ortho intramolecular Hbond substituents is 1. The van der Waals surface area contributed by atoms with Crippen LogP contribution >= 0.6 is 0 Å². The van der Waals surface area contributed by atoms with Crippen molar-refractivity contribution in [3.63, 3.8) is 0 Å². The molecule has 1 unspecified atom stereocenters. The number of aromatic hydroxyl groups is 1. The van der Waals surface area contributed by atoms with Crippen molar-refractivity contribution in [3.05, 3.63) is 47.7 Å². The maximum atomic E-state index is 16.7. The highest BCUT2D eigenvalue weighted by molar-refractivity contribution is 6.03. The molecule has 3 atom stereocenters. The number of piperidine rings is 1. The van der Waals surface area contributed by atoms with Crippen LogP contribution in [0.25, 0.3) is 32.9 Å². The average Bonchev–Trinajstić information content (AvgIpc) is 3.55. The Balaban J connectivity index is 1.38. The van der Waals surface area contributed by atoms with E-state index in [1.807, 2.05) is 4.90 Å². The third kappa shape index (κ3) is 5.12. The lowest BCUT2D eigenvalue weighted by molar-refractivity contribution is -0.176. The standard InChI is InChI=1S/C33H29F6N5O2/c1-2-22-25(35)7-6-18-11-21(45)12-23(26(18)22)28-27(36)29-24(14-40-28)30(43-9-3-5-19(15-43)33(37,38)39)42-31(41-29)46-17-32-8-4-10-44(32)16-20(34)13-32/h1,6-7,11-12,14,19-20,45H,3-5,8-10,13,15-17H2/t19?,20-,32+/m1/s1. The zero-order valence-corrected chi connectivity index (χ0v) is 24.5. The van der Waals surface area contributed by atoms with Crippen LogP contribution in [0.3, 0.4) is 0 Å². The van der Waals surface area contributed by atoms with Crippen LogP contribution in [0, 0.1) is 29.9 Å². The second kappa shape index (κ2) is 11.2. The molecule has 0 spiro atoms. The lowest BCUT2D eigenvalue weighted by Gasteiger charge is -2.35. The van der Waals surface area contributed by atoms with E-state index >= 15 is 4.39 Å². The number of halogens is 6. The minimum absolute atomic E-state index is 0.0000168. The Kier molecular flexibility index (Phi) is 7.38. The number of phenols is 1. The van der Waals surface area contributed by atoms with E-state index in [0.717, 1.165) is 12.5 Å². The van der Waals surface area contributed by atoms with E-state index in [1.165, 1.54) is 29.3 Å². The van der Waals surface area contributed by atoms with E-state index in [1.54, 1.807) is 0 Å². The van der Waals surface area contributed by atoms with Gasteiger partial charge in [-0.25, -0.2) is 13.2 Å². The van der Waals surface area contributed by atoms with Crippen molar-refractivity contribution in [2.75, 3.05) is 37.7 Å². The van der Waals surface area contributed by atoms with Gasteiger partial charge in [-0.3, -0.25) is 9.88 Å². The van der Waals surface area contributed by atoms with Gasteiger partial charge in [0.2, 0.25) is 0 Å². The number of hydrogen-bond donors (Lipinski definition) is 1. The quantitative estimate of drug-likeness (QED) is 0.196. The summed E-state index contributed by atoms with van der Waals surface area (Å²) in [4.78, 5) is 16.6. The summed E-state index contributed by atoms with van der Waals surface area (Å²) in [5.74, 6) is -1.27. The molecule has 5 heterocycles. The smallest absolute Gasteiger partial charge is 0.393 e. The molecule has 13 heteroatoms. The van der Waals surface area contributed by atoms with E-state index in [2.05, 4.69) is 20.9 Å². The number of hydrogen-bond acceptors (Lipinski definition) is 7. The fraction of sp³-hybridized carbons (Fsp3) is 0.424. The Labute approximate surface area is 260 Å². The van der Waals surface area contributed by atoms with Gasteiger partial charge in [-0.15, -0.1) is 6.42 Å². The molecule has 7 nitrogen and oxygen atoms in total. The van der Waals surface area contributed by atoms with Crippen LogP contribution in [0.15, 0.2) is 30.5 Å². The molecular formula is C33H29F6N5O2. The molecule has 0 aliphatic carbocycles. The van der Waals surface area contributed by atoms with E-state index < -0.39 is 42.0 Å². The topological polar surface area (TPSA) is 74.6 Å². The molecule has 2 aromatic carbocycles. The minimum Gasteiger partial charge on any atom is -0.508 e. The Bertz CT molecular complexity index is 1900. The van der Waals surface area contributed by atoms with Gasteiger partial charge in [0.25, 0.3) is 0 Å². The normalized spacial score (nSPS) is 23.6. The van der Waals surface area contributed by atoms with E-state index in [4.69, 9.17) is 11.2 Å². The number of terminal acetylenes is 1. The number of aromatic nitrogens is 3. The van der Waals surface area contributed by atoms with Gasteiger partial charge in [-0.05, 0) is 55.8 Å². The summed E-state index contributed by atoms with van der Waals surface area (Å²) in [6, 6.07) is 4.83. The lowest BCUT2D eigenvalue weighted by atomic mass is 9.95. The van der Waals surface area contributed by atoms with Crippen molar-refractivity contribution >= 4 is 27.5 Å². The first-order valence-corrected chi connectivity index (χ1v) is 15.1. The fourth-order valence-corrected chi connectivity index (χ4v) is 7.35. The second-order valence-electron chi connectivity index (χ2n) is 12.4. The number of anilines is 1. The summed E-state index contributed by atoms with van der Waals surface area (Å²) in [5.41, 5.74) is -1.34. The summed E-state index contributed by atoms with van der Waals surface area (Å²) >= 11 is 0. The summed E-state index contributed by atoms with van der Waals surface area (Å²) in [5, 5.41) is 11.0. The molecule has 46 heavy (non-hydrogen) atoms. The third-order valence-corrected chi connectivity index (χ3v) is 9.51. The lowest BCUT2D eigenvalue weighted by Crippen LogP contribution is -2.44. The molecule has 3 aliphatic heterocycles. The largest absolute Gasteiger partial charge is 0.508 e. The highest BCUT2D eigenvalue weighted by Gasteiger charge is 2.49. The first-order chi connectivity index (χ1) is 22.0. The van der Waals surface area contributed by atoms with Gasteiger partial charge in [0, 0.05) is 43.2 Å². The molecule has 0 bridgehead atoms. The molecular weight excluding hydrogens is 612 g/mol. The number of pyridine rings is 1. The van der Waals surface area contributed by atoms with Crippen molar-refractivity contribution in [1.82, 2.24) is 19.9 Å². The predicted octanol–water partition coefficient (Wildman–Crippen LogP) is 6.54. The molecule has 0 radical (unpaired) electrons. The highest BCUT2D eigenvalue weighted by Crippen LogP contribution is 2.42. The molecule has 3 aliphatic rings. The van der Waals surface area contributed by atoms with E-state index in [9.17, 15) is 27.1 Å². The predicted molar refractivity (Wildman–Crippen MR) is 159 cm³/mol. The molecule has 1 N–H and O–H groups in total. The summed E-state index contributed by atoms with van der Waals surface area (Å²) in [6.45, 7) is 0.834. The van der Waals surface area contributed by atoms with Crippen LogP contribution in [0.5, 0.6) is 11.8 Å². The molecule has 0 saturated carbocycles. The van der Waals surface area contributed by atoms with Crippen LogP contribution in [-0.2, 0) is 0 Å².